The molecule has 1 heterocycles. The van der Waals surface area contributed by atoms with Crippen molar-refractivity contribution in [2.24, 2.45) is 0 Å². The Hall–Kier alpha value is -2.36. The van der Waals surface area contributed by atoms with Crippen molar-refractivity contribution < 1.29 is 28.3 Å². The van der Waals surface area contributed by atoms with E-state index in [0.29, 0.717) is 5.56 Å². The van der Waals surface area contributed by atoms with E-state index in [1.54, 1.807) is 44.2 Å². The van der Waals surface area contributed by atoms with E-state index in [1.807, 2.05) is 0 Å². The number of nitrogens with one attached hydrogen (secondary N) is 1. The highest BCUT2D eigenvalue weighted by atomic mass is 31.2. The van der Waals surface area contributed by atoms with Crippen molar-refractivity contribution in [2.75, 3.05) is 37.9 Å². The van der Waals surface area contributed by atoms with Gasteiger partial charge >= 0.3 is 13.3 Å². The Kier molecular flexibility index (Phi) is 9.35. The standard InChI is InChI=1S/C19H26N3O7P/c1-3-28-30(26,29-4-2)14-17(27-13-12-23)22-11-10-16(21-19(22)25)20-18(24)15-8-6-5-7-9-15/h5-11,17,23H,3-4,12-14H2,1-2H3,(H,20,21,24,25)/t17-/m1/s1. The summed E-state index contributed by atoms with van der Waals surface area (Å²) >= 11 is 0. The molecule has 164 valence electrons. The van der Waals surface area contributed by atoms with Crippen molar-refractivity contribution in [1.29, 1.82) is 0 Å². The first-order valence-corrected chi connectivity index (χ1v) is 11.2. The lowest BCUT2D eigenvalue weighted by atomic mass is 10.2. The van der Waals surface area contributed by atoms with E-state index in [2.05, 4.69) is 10.3 Å². The molecule has 2 rings (SSSR count). The molecule has 1 atom stereocenters. The van der Waals surface area contributed by atoms with Crippen LogP contribution < -0.4 is 11.0 Å². The van der Waals surface area contributed by atoms with Crippen LogP contribution in [0.3, 0.4) is 0 Å². The number of anilines is 1. The molecule has 1 amide bonds. The van der Waals surface area contributed by atoms with Crippen molar-refractivity contribution >= 4 is 19.3 Å². The molecule has 0 aliphatic heterocycles. The molecular formula is C19H26N3O7P. The first-order chi connectivity index (χ1) is 14.4. The molecule has 30 heavy (non-hydrogen) atoms. The normalized spacial score (nSPS) is 12.5. The summed E-state index contributed by atoms with van der Waals surface area (Å²) in [6.07, 6.45) is 0.0756. The molecule has 0 saturated heterocycles. The number of aliphatic hydroxyl groups excluding tert-OH is 1. The number of carbonyl (C=O) groups excluding carboxylic acids is 1. The van der Waals surface area contributed by atoms with Gasteiger partial charge in [0, 0.05) is 11.8 Å². The SMILES string of the molecule is CCOP(=O)(C[C@@H](OCCO)n1ccc(NC(=O)c2ccccc2)nc1=O)OCC. The van der Waals surface area contributed by atoms with Gasteiger partial charge in [-0.2, -0.15) is 4.98 Å². The largest absolute Gasteiger partial charge is 0.394 e. The molecule has 0 aliphatic carbocycles. The Labute approximate surface area is 174 Å². The lowest BCUT2D eigenvalue weighted by Crippen LogP contribution is -2.32. The summed E-state index contributed by atoms with van der Waals surface area (Å²) < 4.78 is 30.0. The lowest BCUT2D eigenvalue weighted by Gasteiger charge is -2.24. The smallest absolute Gasteiger partial charge is 0.351 e. The van der Waals surface area contributed by atoms with Gasteiger partial charge in [-0.05, 0) is 32.0 Å². The summed E-state index contributed by atoms with van der Waals surface area (Å²) in [4.78, 5) is 28.6. The van der Waals surface area contributed by atoms with Crippen LogP contribution in [0.25, 0.3) is 0 Å². The number of rotatable bonds is 12. The molecule has 10 nitrogen and oxygen atoms in total. The molecule has 11 heteroatoms. The number of aromatic nitrogens is 2. The van der Waals surface area contributed by atoms with E-state index in [0.717, 1.165) is 4.57 Å². The summed E-state index contributed by atoms with van der Waals surface area (Å²) in [5.74, 6) is -0.352. The molecule has 0 bridgehead atoms. The third-order valence-corrected chi connectivity index (χ3v) is 5.91. The second-order valence-corrected chi connectivity index (χ2v) is 8.10. The lowest BCUT2D eigenvalue weighted by molar-refractivity contribution is -0.00733. The van der Waals surface area contributed by atoms with Crippen molar-refractivity contribution in [3.8, 4) is 0 Å². The fourth-order valence-corrected chi connectivity index (χ4v) is 4.35. The quantitative estimate of drug-likeness (QED) is 0.482. The number of amides is 1. The van der Waals surface area contributed by atoms with Gasteiger partial charge in [-0.1, -0.05) is 18.2 Å². The maximum absolute atomic E-state index is 12.9. The van der Waals surface area contributed by atoms with Crippen LogP contribution >= 0.6 is 7.60 Å². The molecule has 2 aromatic rings. The van der Waals surface area contributed by atoms with E-state index >= 15 is 0 Å². The number of carbonyl (C=O) groups is 1. The first-order valence-electron chi connectivity index (χ1n) is 9.48. The van der Waals surface area contributed by atoms with Gasteiger partial charge in [0.2, 0.25) is 0 Å². The summed E-state index contributed by atoms with van der Waals surface area (Å²) in [6, 6.07) is 9.91. The van der Waals surface area contributed by atoms with Crippen molar-refractivity contribution in [1.82, 2.24) is 9.55 Å². The van der Waals surface area contributed by atoms with Crippen LogP contribution in [-0.4, -0.2) is 53.2 Å². The fourth-order valence-electron chi connectivity index (χ4n) is 2.62. The van der Waals surface area contributed by atoms with Crippen LogP contribution in [0.15, 0.2) is 47.4 Å². The maximum atomic E-state index is 12.9. The summed E-state index contributed by atoms with van der Waals surface area (Å²) in [6.45, 7) is 3.27. The molecule has 0 radical (unpaired) electrons. The average Bonchev–Trinajstić information content (AvgIpc) is 2.72. The first kappa shape index (κ1) is 23.9. The van der Waals surface area contributed by atoms with Crippen molar-refractivity contribution in [3.05, 3.63) is 58.6 Å². The second-order valence-electron chi connectivity index (χ2n) is 6.00. The minimum Gasteiger partial charge on any atom is -0.394 e. The maximum Gasteiger partial charge on any atom is 0.351 e. The zero-order chi connectivity index (χ0) is 22.0. The van der Waals surface area contributed by atoms with Gasteiger partial charge in [0.1, 0.15) is 12.0 Å². The molecular weight excluding hydrogens is 413 g/mol. The second kappa shape index (κ2) is 11.7. The minimum atomic E-state index is -3.54. The highest BCUT2D eigenvalue weighted by Crippen LogP contribution is 2.50. The van der Waals surface area contributed by atoms with Gasteiger partial charge in [0.15, 0.2) is 0 Å². The van der Waals surface area contributed by atoms with E-state index in [1.165, 1.54) is 12.3 Å². The predicted molar refractivity (Wildman–Crippen MR) is 111 cm³/mol. The summed E-state index contributed by atoms with van der Waals surface area (Å²) in [7, 11) is -3.54. The third-order valence-electron chi connectivity index (χ3n) is 3.85. The Balaban J connectivity index is 2.23. The molecule has 1 aromatic carbocycles. The highest BCUT2D eigenvalue weighted by Gasteiger charge is 2.31. The highest BCUT2D eigenvalue weighted by molar-refractivity contribution is 7.53. The molecule has 0 fully saturated rings. The van der Waals surface area contributed by atoms with Gasteiger partial charge in [-0.3, -0.25) is 13.9 Å². The van der Waals surface area contributed by atoms with E-state index < -0.39 is 25.4 Å². The Bertz CT molecular complexity index is 910. The molecule has 0 unspecified atom stereocenters. The number of aliphatic hydroxyl groups is 1. The zero-order valence-electron chi connectivity index (χ0n) is 16.9. The number of hydrogen-bond acceptors (Lipinski definition) is 8. The number of benzene rings is 1. The predicted octanol–water partition coefficient (Wildman–Crippen LogP) is 2.27. The zero-order valence-corrected chi connectivity index (χ0v) is 17.8. The molecule has 0 aliphatic rings. The molecule has 0 spiro atoms. The Morgan fingerprint density at radius 3 is 2.43 bits per heavy atom. The fraction of sp³-hybridized carbons (Fsp3) is 0.421. The minimum absolute atomic E-state index is 0.0591. The Morgan fingerprint density at radius 1 is 1.20 bits per heavy atom. The van der Waals surface area contributed by atoms with Gasteiger partial charge in [-0.15, -0.1) is 0 Å². The van der Waals surface area contributed by atoms with Gasteiger partial charge < -0.3 is 24.2 Å². The monoisotopic (exact) mass is 439 g/mol. The topological polar surface area (TPSA) is 129 Å². The van der Waals surface area contributed by atoms with Crippen LogP contribution in [0, 0.1) is 0 Å². The van der Waals surface area contributed by atoms with Crippen molar-refractivity contribution in [3.63, 3.8) is 0 Å². The van der Waals surface area contributed by atoms with Crippen LogP contribution in [0.2, 0.25) is 0 Å². The Morgan fingerprint density at radius 2 is 1.87 bits per heavy atom. The van der Waals surface area contributed by atoms with E-state index in [-0.39, 0.29) is 38.4 Å². The van der Waals surface area contributed by atoms with Crippen LogP contribution in [0.4, 0.5) is 5.82 Å². The van der Waals surface area contributed by atoms with Gasteiger partial charge in [0.05, 0.1) is 32.6 Å². The van der Waals surface area contributed by atoms with Crippen molar-refractivity contribution in [2.45, 2.75) is 20.1 Å². The van der Waals surface area contributed by atoms with Crippen LogP contribution in [0.5, 0.6) is 0 Å². The average molecular weight is 439 g/mol. The number of nitrogens with zero attached hydrogens (tertiary/aromatic N) is 2. The molecule has 2 N–H and O–H groups in total. The van der Waals surface area contributed by atoms with E-state index in [9.17, 15) is 14.2 Å². The van der Waals surface area contributed by atoms with Gasteiger partial charge in [-0.25, -0.2) is 4.79 Å². The van der Waals surface area contributed by atoms with Crippen LogP contribution in [0.1, 0.15) is 30.4 Å². The van der Waals surface area contributed by atoms with Crippen LogP contribution in [-0.2, 0) is 18.3 Å². The number of ether oxygens (including phenoxy) is 1. The third kappa shape index (κ3) is 6.86. The van der Waals surface area contributed by atoms with Gasteiger partial charge in [0.25, 0.3) is 5.91 Å². The van der Waals surface area contributed by atoms with E-state index in [4.69, 9.17) is 18.9 Å². The summed E-state index contributed by atoms with van der Waals surface area (Å²) in [5.41, 5.74) is -0.314. The molecule has 0 saturated carbocycles. The summed E-state index contributed by atoms with van der Waals surface area (Å²) in [5, 5.41) is 11.6. The molecule has 1 aromatic heterocycles. The number of hydrogen-bond donors (Lipinski definition) is 2.